The van der Waals surface area contributed by atoms with Gasteiger partial charge in [-0.1, -0.05) is 25.7 Å². The molecule has 2 fully saturated rings. The summed E-state index contributed by atoms with van der Waals surface area (Å²) >= 11 is 0. The van der Waals surface area contributed by atoms with Gasteiger partial charge in [-0.2, -0.15) is 0 Å². The highest BCUT2D eigenvalue weighted by molar-refractivity contribution is 5.79. The fourth-order valence-corrected chi connectivity index (χ4v) is 3.04. The van der Waals surface area contributed by atoms with Crippen molar-refractivity contribution in [2.45, 2.75) is 57.0 Å². The number of aliphatic hydroxyl groups is 1. The number of carbonyl (C=O) groups excluding carboxylic acids is 1. The number of amides is 1. The topological polar surface area (TPSA) is 61.4 Å². The molecule has 0 aromatic rings. The van der Waals surface area contributed by atoms with Crippen LogP contribution in [-0.4, -0.2) is 36.2 Å². The predicted molar refractivity (Wildman–Crippen MR) is 71.3 cm³/mol. The summed E-state index contributed by atoms with van der Waals surface area (Å²) in [5.74, 6) is 0.202. The number of nitrogens with one attached hydrogen (secondary N) is 2. The number of hydrogen-bond acceptors (Lipinski definition) is 3. The fraction of sp³-hybridized carbons (Fsp3) is 0.929. The number of hydrogen-bond donors (Lipinski definition) is 3. The first kappa shape index (κ1) is 13.8. The van der Waals surface area contributed by atoms with E-state index in [1.54, 1.807) is 0 Å². The average molecular weight is 254 g/mol. The molecule has 1 heterocycles. The lowest BCUT2D eigenvalue weighted by molar-refractivity contribution is -0.126. The Morgan fingerprint density at radius 1 is 1.22 bits per heavy atom. The molecule has 4 nitrogen and oxygen atoms in total. The summed E-state index contributed by atoms with van der Waals surface area (Å²) in [7, 11) is 0. The van der Waals surface area contributed by atoms with Crippen molar-refractivity contribution in [3.8, 4) is 0 Å². The van der Waals surface area contributed by atoms with Gasteiger partial charge in [-0.15, -0.1) is 0 Å². The SMILES string of the molecule is O=C(NCC1(O)CCCCCC1)[C@@H]1CCCNC1. The zero-order valence-corrected chi connectivity index (χ0v) is 11.2. The van der Waals surface area contributed by atoms with Gasteiger partial charge in [0.05, 0.1) is 11.5 Å². The van der Waals surface area contributed by atoms with Crippen LogP contribution in [0.1, 0.15) is 51.4 Å². The predicted octanol–water partition coefficient (Wildman–Crippen LogP) is 1.19. The van der Waals surface area contributed by atoms with Crippen LogP contribution in [0.15, 0.2) is 0 Å². The van der Waals surface area contributed by atoms with Crippen molar-refractivity contribution in [2.24, 2.45) is 5.92 Å². The molecule has 0 aromatic heterocycles. The van der Waals surface area contributed by atoms with E-state index in [1.807, 2.05) is 0 Å². The highest BCUT2D eigenvalue weighted by atomic mass is 16.3. The van der Waals surface area contributed by atoms with Crippen LogP contribution in [0.3, 0.4) is 0 Å². The normalized spacial score (nSPS) is 28.4. The minimum Gasteiger partial charge on any atom is -0.388 e. The van der Waals surface area contributed by atoms with Crippen LogP contribution in [0.2, 0.25) is 0 Å². The summed E-state index contributed by atoms with van der Waals surface area (Å²) in [4.78, 5) is 12.0. The molecule has 0 unspecified atom stereocenters. The summed E-state index contributed by atoms with van der Waals surface area (Å²) in [6, 6.07) is 0. The van der Waals surface area contributed by atoms with E-state index in [4.69, 9.17) is 0 Å². The lowest BCUT2D eigenvalue weighted by Gasteiger charge is -2.29. The van der Waals surface area contributed by atoms with Gasteiger partial charge in [0, 0.05) is 13.1 Å². The number of carbonyl (C=O) groups is 1. The standard InChI is InChI=1S/C14H26N2O2/c17-13(12-6-5-9-15-10-12)16-11-14(18)7-3-1-2-4-8-14/h12,15,18H,1-11H2,(H,16,17)/t12-/m1/s1. The molecule has 3 N–H and O–H groups in total. The van der Waals surface area contributed by atoms with Crippen LogP contribution in [0, 0.1) is 5.92 Å². The molecule has 18 heavy (non-hydrogen) atoms. The Hall–Kier alpha value is -0.610. The molecule has 0 aromatic carbocycles. The van der Waals surface area contributed by atoms with E-state index in [-0.39, 0.29) is 11.8 Å². The molecule has 2 rings (SSSR count). The van der Waals surface area contributed by atoms with Gasteiger partial charge >= 0.3 is 0 Å². The van der Waals surface area contributed by atoms with E-state index in [2.05, 4.69) is 10.6 Å². The van der Waals surface area contributed by atoms with Gasteiger partial charge in [0.15, 0.2) is 0 Å². The molecule has 1 amide bonds. The van der Waals surface area contributed by atoms with E-state index in [0.717, 1.165) is 51.6 Å². The number of rotatable bonds is 3. The van der Waals surface area contributed by atoms with Gasteiger partial charge in [0.2, 0.25) is 5.91 Å². The molecule has 1 aliphatic heterocycles. The van der Waals surface area contributed by atoms with Crippen molar-refractivity contribution in [3.63, 3.8) is 0 Å². The van der Waals surface area contributed by atoms with Gasteiger partial charge in [-0.05, 0) is 32.2 Å². The lowest BCUT2D eigenvalue weighted by atomic mass is 9.93. The van der Waals surface area contributed by atoms with Crippen LogP contribution in [-0.2, 0) is 4.79 Å². The molecule has 1 atom stereocenters. The third kappa shape index (κ3) is 3.95. The van der Waals surface area contributed by atoms with Gasteiger partial charge < -0.3 is 15.7 Å². The largest absolute Gasteiger partial charge is 0.388 e. The minimum absolute atomic E-state index is 0.0909. The van der Waals surface area contributed by atoms with Crippen molar-refractivity contribution in [1.29, 1.82) is 0 Å². The summed E-state index contributed by atoms with van der Waals surface area (Å²) in [5, 5.41) is 16.7. The van der Waals surface area contributed by atoms with Crippen molar-refractivity contribution in [2.75, 3.05) is 19.6 Å². The Kier molecular flexibility index (Phi) is 5.01. The van der Waals surface area contributed by atoms with Gasteiger partial charge in [-0.25, -0.2) is 0 Å². The summed E-state index contributed by atoms with van der Waals surface area (Å²) in [6.45, 7) is 2.24. The molecule has 1 saturated carbocycles. The summed E-state index contributed by atoms with van der Waals surface area (Å²) in [6.07, 6.45) is 8.28. The third-order valence-corrected chi connectivity index (χ3v) is 4.29. The van der Waals surface area contributed by atoms with E-state index >= 15 is 0 Å². The van der Waals surface area contributed by atoms with Crippen molar-refractivity contribution >= 4 is 5.91 Å². The third-order valence-electron chi connectivity index (χ3n) is 4.29. The summed E-state index contributed by atoms with van der Waals surface area (Å²) < 4.78 is 0. The zero-order chi connectivity index (χ0) is 12.8. The monoisotopic (exact) mass is 254 g/mol. The number of piperidine rings is 1. The van der Waals surface area contributed by atoms with Crippen LogP contribution in [0.25, 0.3) is 0 Å². The van der Waals surface area contributed by atoms with Gasteiger partial charge in [0.1, 0.15) is 0 Å². The van der Waals surface area contributed by atoms with Crippen LogP contribution >= 0.6 is 0 Å². The highest BCUT2D eigenvalue weighted by Gasteiger charge is 2.29. The Morgan fingerprint density at radius 3 is 2.56 bits per heavy atom. The molecule has 2 aliphatic rings. The van der Waals surface area contributed by atoms with Crippen LogP contribution < -0.4 is 10.6 Å². The maximum absolute atomic E-state index is 12.0. The van der Waals surface area contributed by atoms with Crippen LogP contribution in [0.5, 0.6) is 0 Å². The maximum Gasteiger partial charge on any atom is 0.224 e. The van der Waals surface area contributed by atoms with Crippen LogP contribution in [0.4, 0.5) is 0 Å². The average Bonchev–Trinajstić information content (AvgIpc) is 2.62. The quantitative estimate of drug-likeness (QED) is 0.663. The van der Waals surface area contributed by atoms with Crippen molar-refractivity contribution < 1.29 is 9.90 Å². The Bertz CT molecular complexity index is 267. The fourth-order valence-electron chi connectivity index (χ4n) is 3.04. The first-order valence-electron chi connectivity index (χ1n) is 7.40. The molecular weight excluding hydrogens is 228 g/mol. The maximum atomic E-state index is 12.0. The molecule has 1 aliphatic carbocycles. The lowest BCUT2D eigenvalue weighted by Crippen LogP contribution is -2.47. The van der Waals surface area contributed by atoms with E-state index in [9.17, 15) is 9.90 Å². The first-order chi connectivity index (χ1) is 8.70. The Morgan fingerprint density at radius 2 is 1.94 bits per heavy atom. The highest BCUT2D eigenvalue weighted by Crippen LogP contribution is 2.26. The first-order valence-corrected chi connectivity index (χ1v) is 7.40. The Balaban J connectivity index is 1.76. The molecule has 1 saturated heterocycles. The van der Waals surface area contributed by atoms with E-state index < -0.39 is 5.60 Å². The second kappa shape index (κ2) is 6.53. The molecule has 0 spiro atoms. The molecule has 0 bridgehead atoms. The molecule has 0 radical (unpaired) electrons. The van der Waals surface area contributed by atoms with E-state index in [0.29, 0.717) is 6.54 Å². The molecular formula is C14H26N2O2. The Labute approximate surface area is 110 Å². The second-order valence-corrected chi connectivity index (χ2v) is 5.90. The molecule has 104 valence electrons. The smallest absolute Gasteiger partial charge is 0.224 e. The summed E-state index contributed by atoms with van der Waals surface area (Å²) in [5.41, 5.74) is -0.658. The van der Waals surface area contributed by atoms with Gasteiger partial charge in [-0.3, -0.25) is 4.79 Å². The van der Waals surface area contributed by atoms with Crippen molar-refractivity contribution in [3.05, 3.63) is 0 Å². The van der Waals surface area contributed by atoms with Gasteiger partial charge in [0.25, 0.3) is 0 Å². The minimum atomic E-state index is -0.658. The molecule has 4 heteroatoms. The van der Waals surface area contributed by atoms with Crippen molar-refractivity contribution in [1.82, 2.24) is 10.6 Å². The van der Waals surface area contributed by atoms with E-state index in [1.165, 1.54) is 12.8 Å². The zero-order valence-electron chi connectivity index (χ0n) is 11.2. The second-order valence-electron chi connectivity index (χ2n) is 5.90.